The van der Waals surface area contributed by atoms with Crippen molar-refractivity contribution in [3.8, 4) is 11.3 Å². The molecule has 0 saturated heterocycles. The van der Waals surface area contributed by atoms with E-state index in [-0.39, 0.29) is 11.7 Å². The molecule has 3 heteroatoms. The molecule has 1 aromatic heterocycles. The molecule has 0 atom stereocenters. The van der Waals surface area contributed by atoms with Gasteiger partial charge in [-0.05, 0) is 29.8 Å². The van der Waals surface area contributed by atoms with Gasteiger partial charge < -0.3 is 4.42 Å². The number of carbonyl (C=O) groups excluding carboxylic acids is 1. The summed E-state index contributed by atoms with van der Waals surface area (Å²) >= 11 is 5.73. The van der Waals surface area contributed by atoms with Gasteiger partial charge in [-0.2, -0.15) is 0 Å². The third kappa shape index (κ3) is 2.59. The predicted octanol–water partition coefficient (Wildman–Crippen LogP) is 4.44. The zero-order valence-corrected chi connectivity index (χ0v) is 10.5. The molecule has 2 rings (SSSR count). The van der Waals surface area contributed by atoms with E-state index in [1.54, 1.807) is 12.1 Å². The van der Waals surface area contributed by atoms with E-state index in [0.29, 0.717) is 16.5 Å². The highest BCUT2D eigenvalue weighted by Crippen LogP contribution is 2.25. The molecule has 17 heavy (non-hydrogen) atoms. The number of Topliss-reactive ketones (excluding diaryl/α,β-unsaturated/α-hetero) is 1. The lowest BCUT2D eigenvalue weighted by atomic mass is 9.99. The van der Waals surface area contributed by atoms with Gasteiger partial charge in [0, 0.05) is 17.0 Å². The van der Waals surface area contributed by atoms with Gasteiger partial charge in [0.25, 0.3) is 0 Å². The molecule has 2 aromatic rings. The highest BCUT2D eigenvalue weighted by atomic mass is 35.5. The van der Waals surface area contributed by atoms with Crippen molar-refractivity contribution in [3.63, 3.8) is 0 Å². The van der Waals surface area contributed by atoms with Gasteiger partial charge in [0.1, 0.15) is 5.76 Å². The average Bonchev–Trinajstić information content (AvgIpc) is 2.75. The van der Waals surface area contributed by atoms with Crippen LogP contribution in [0.5, 0.6) is 0 Å². The Morgan fingerprint density at radius 3 is 2.59 bits per heavy atom. The molecular formula is C14H13ClO2. The highest BCUT2D eigenvalue weighted by molar-refractivity contribution is 6.29. The van der Waals surface area contributed by atoms with Crippen LogP contribution in [-0.4, -0.2) is 5.78 Å². The third-order valence-electron chi connectivity index (χ3n) is 2.53. The van der Waals surface area contributed by atoms with Gasteiger partial charge in [-0.25, -0.2) is 0 Å². The standard InChI is InChI=1S/C14H13ClO2/c1-9(2)14(16)11-5-3-4-10(8-11)12-6-7-13(15)17-12/h3-9H,1-2H3. The van der Waals surface area contributed by atoms with Crippen molar-refractivity contribution in [2.75, 3.05) is 0 Å². The fourth-order valence-electron chi connectivity index (χ4n) is 1.63. The van der Waals surface area contributed by atoms with E-state index in [4.69, 9.17) is 16.0 Å². The fraction of sp³-hybridized carbons (Fsp3) is 0.214. The van der Waals surface area contributed by atoms with Gasteiger partial charge in [-0.15, -0.1) is 0 Å². The number of rotatable bonds is 3. The summed E-state index contributed by atoms with van der Waals surface area (Å²) in [6.45, 7) is 3.78. The van der Waals surface area contributed by atoms with Crippen molar-refractivity contribution in [1.29, 1.82) is 0 Å². The predicted molar refractivity (Wildman–Crippen MR) is 68.3 cm³/mol. The van der Waals surface area contributed by atoms with E-state index in [9.17, 15) is 4.79 Å². The second-order valence-corrected chi connectivity index (χ2v) is 4.58. The summed E-state index contributed by atoms with van der Waals surface area (Å²) < 4.78 is 5.32. The molecule has 0 aliphatic carbocycles. The first kappa shape index (κ1) is 11.9. The smallest absolute Gasteiger partial charge is 0.193 e. The second-order valence-electron chi connectivity index (χ2n) is 4.20. The maximum absolute atomic E-state index is 11.9. The molecule has 0 aliphatic rings. The lowest BCUT2D eigenvalue weighted by molar-refractivity contribution is 0.0939. The second kappa shape index (κ2) is 4.76. The van der Waals surface area contributed by atoms with Crippen molar-refractivity contribution in [2.45, 2.75) is 13.8 Å². The van der Waals surface area contributed by atoms with Crippen molar-refractivity contribution >= 4 is 17.4 Å². The zero-order valence-electron chi connectivity index (χ0n) is 9.74. The van der Waals surface area contributed by atoms with Crippen molar-refractivity contribution < 1.29 is 9.21 Å². The molecule has 0 N–H and O–H groups in total. The number of halogens is 1. The molecule has 2 nitrogen and oxygen atoms in total. The molecule has 1 aromatic carbocycles. The van der Waals surface area contributed by atoms with Crippen molar-refractivity contribution in [3.05, 3.63) is 47.2 Å². The van der Waals surface area contributed by atoms with Crippen LogP contribution in [0.25, 0.3) is 11.3 Å². The molecule has 0 radical (unpaired) electrons. The van der Waals surface area contributed by atoms with Gasteiger partial charge in [-0.3, -0.25) is 4.79 Å². The molecule has 1 heterocycles. The highest BCUT2D eigenvalue weighted by Gasteiger charge is 2.12. The first-order valence-electron chi connectivity index (χ1n) is 5.48. The molecule has 0 amide bonds. The first-order valence-corrected chi connectivity index (χ1v) is 5.85. The van der Waals surface area contributed by atoms with Crippen LogP contribution in [0.3, 0.4) is 0 Å². The van der Waals surface area contributed by atoms with Crippen LogP contribution in [0.4, 0.5) is 0 Å². The number of furan rings is 1. The molecule has 0 fully saturated rings. The largest absolute Gasteiger partial charge is 0.445 e. The number of ketones is 1. The van der Waals surface area contributed by atoms with Gasteiger partial charge in [0.05, 0.1) is 0 Å². The van der Waals surface area contributed by atoms with Gasteiger partial charge in [0.2, 0.25) is 0 Å². The number of benzene rings is 1. The Bertz CT molecular complexity index is 541. The number of hydrogen-bond acceptors (Lipinski definition) is 2. The maximum atomic E-state index is 11.9. The Morgan fingerprint density at radius 1 is 1.24 bits per heavy atom. The average molecular weight is 249 g/mol. The van der Waals surface area contributed by atoms with Crippen molar-refractivity contribution in [1.82, 2.24) is 0 Å². The summed E-state index contributed by atoms with van der Waals surface area (Å²) in [6, 6.07) is 10.9. The molecule has 0 aliphatic heterocycles. The summed E-state index contributed by atoms with van der Waals surface area (Å²) in [5, 5.41) is 0.348. The molecule has 0 bridgehead atoms. The normalized spacial score (nSPS) is 10.8. The van der Waals surface area contributed by atoms with Crippen LogP contribution in [-0.2, 0) is 0 Å². The van der Waals surface area contributed by atoms with Gasteiger partial charge in [-0.1, -0.05) is 32.0 Å². The van der Waals surface area contributed by atoms with Crippen molar-refractivity contribution in [2.24, 2.45) is 5.92 Å². The Morgan fingerprint density at radius 2 is 2.00 bits per heavy atom. The number of carbonyl (C=O) groups is 1. The Hall–Kier alpha value is -1.54. The maximum Gasteiger partial charge on any atom is 0.193 e. The van der Waals surface area contributed by atoms with E-state index in [1.807, 2.05) is 38.1 Å². The van der Waals surface area contributed by atoms with E-state index >= 15 is 0 Å². The van der Waals surface area contributed by atoms with Crippen LogP contribution < -0.4 is 0 Å². The van der Waals surface area contributed by atoms with E-state index in [1.165, 1.54) is 0 Å². The first-order chi connectivity index (χ1) is 8.08. The van der Waals surface area contributed by atoms with Gasteiger partial charge in [0.15, 0.2) is 11.0 Å². The van der Waals surface area contributed by atoms with Crippen LogP contribution in [0.1, 0.15) is 24.2 Å². The zero-order chi connectivity index (χ0) is 12.4. The summed E-state index contributed by atoms with van der Waals surface area (Å²) in [5.74, 6) is 0.795. The minimum Gasteiger partial charge on any atom is -0.445 e. The lowest BCUT2D eigenvalue weighted by Gasteiger charge is -2.05. The van der Waals surface area contributed by atoms with Crippen LogP contribution in [0, 0.1) is 5.92 Å². The Balaban J connectivity index is 2.38. The topological polar surface area (TPSA) is 30.2 Å². The lowest BCUT2D eigenvalue weighted by Crippen LogP contribution is -2.07. The Kier molecular flexibility index (Phi) is 3.34. The van der Waals surface area contributed by atoms with Gasteiger partial charge >= 0.3 is 0 Å². The molecule has 0 spiro atoms. The minimum atomic E-state index is -0.00885. The SMILES string of the molecule is CC(C)C(=O)c1cccc(-c2ccc(Cl)o2)c1. The number of hydrogen-bond donors (Lipinski definition) is 0. The molecule has 88 valence electrons. The minimum absolute atomic E-state index is 0.00885. The third-order valence-corrected chi connectivity index (χ3v) is 2.73. The van der Waals surface area contributed by atoms with E-state index in [0.717, 1.165) is 5.56 Å². The molecule has 0 unspecified atom stereocenters. The van der Waals surface area contributed by atoms with E-state index < -0.39 is 0 Å². The van der Waals surface area contributed by atoms with E-state index in [2.05, 4.69) is 0 Å². The monoisotopic (exact) mass is 248 g/mol. The van der Waals surface area contributed by atoms with Crippen LogP contribution in [0.2, 0.25) is 5.22 Å². The molecule has 0 saturated carbocycles. The summed E-state index contributed by atoms with van der Waals surface area (Å²) in [7, 11) is 0. The fourth-order valence-corrected chi connectivity index (χ4v) is 1.77. The molecular weight excluding hydrogens is 236 g/mol. The summed E-state index contributed by atoms with van der Waals surface area (Å²) in [4.78, 5) is 11.9. The quantitative estimate of drug-likeness (QED) is 0.752. The van der Waals surface area contributed by atoms with Crippen LogP contribution in [0.15, 0.2) is 40.8 Å². The Labute approximate surface area is 105 Å². The van der Waals surface area contributed by atoms with Crippen LogP contribution >= 0.6 is 11.6 Å². The summed E-state index contributed by atoms with van der Waals surface area (Å²) in [6.07, 6.45) is 0. The summed E-state index contributed by atoms with van der Waals surface area (Å²) in [5.41, 5.74) is 1.56.